The zero-order chi connectivity index (χ0) is 13.2. The highest BCUT2D eigenvalue weighted by molar-refractivity contribution is 7.17. The lowest BCUT2D eigenvalue weighted by Crippen LogP contribution is -1.94. The summed E-state index contributed by atoms with van der Waals surface area (Å²) in [5.74, 6) is 0.568. The van der Waals surface area contributed by atoms with Crippen LogP contribution >= 0.6 is 22.9 Å². The smallest absolute Gasteiger partial charge is 0.133 e. The highest BCUT2D eigenvalue weighted by Crippen LogP contribution is 2.26. The lowest BCUT2D eigenvalue weighted by molar-refractivity contribution is 1.29. The summed E-state index contributed by atoms with van der Waals surface area (Å²) in [6.45, 7) is 0. The molecule has 0 amide bonds. The molecule has 0 fully saturated rings. The molecule has 1 N–H and O–H groups in total. The minimum atomic E-state index is 0.304. The number of anilines is 2. The van der Waals surface area contributed by atoms with Crippen LogP contribution in [0.2, 0.25) is 5.15 Å². The van der Waals surface area contributed by atoms with Gasteiger partial charge in [0.05, 0.1) is 11.6 Å². The first-order valence-corrected chi connectivity index (χ1v) is 6.82. The molecule has 3 nitrogen and oxygen atoms in total. The second-order valence-electron chi connectivity index (χ2n) is 3.97. The number of nitrogens with zero attached hydrogens (tertiary/aromatic N) is 2. The number of hydrogen-bond acceptors (Lipinski definition) is 4. The zero-order valence-electron chi connectivity index (χ0n) is 9.72. The zero-order valence-corrected chi connectivity index (χ0v) is 11.3. The quantitative estimate of drug-likeness (QED) is 0.702. The van der Waals surface area contributed by atoms with E-state index in [0.717, 1.165) is 5.69 Å². The summed E-state index contributed by atoms with van der Waals surface area (Å²) < 4.78 is 1.24. The number of nitrogens with one attached hydrogen (secondary N) is 1. The van der Waals surface area contributed by atoms with Crippen molar-refractivity contribution in [2.24, 2.45) is 0 Å². The number of aromatic nitrogens is 1. The number of halogens is 1. The van der Waals surface area contributed by atoms with E-state index in [1.807, 2.05) is 12.1 Å². The van der Waals surface area contributed by atoms with Crippen molar-refractivity contribution in [2.75, 3.05) is 5.32 Å². The van der Waals surface area contributed by atoms with Crippen molar-refractivity contribution in [1.29, 1.82) is 5.26 Å². The summed E-state index contributed by atoms with van der Waals surface area (Å²) >= 11 is 7.58. The molecule has 5 heteroatoms. The van der Waals surface area contributed by atoms with Crippen LogP contribution in [0.3, 0.4) is 0 Å². The van der Waals surface area contributed by atoms with Gasteiger partial charge < -0.3 is 5.32 Å². The van der Waals surface area contributed by atoms with Gasteiger partial charge in [0.2, 0.25) is 0 Å². The van der Waals surface area contributed by atoms with E-state index in [0.29, 0.717) is 16.5 Å². The van der Waals surface area contributed by atoms with Gasteiger partial charge in [-0.3, -0.25) is 0 Å². The third kappa shape index (κ3) is 2.53. The molecule has 1 aromatic carbocycles. The maximum absolute atomic E-state index is 8.90. The van der Waals surface area contributed by atoms with Crippen LogP contribution in [0, 0.1) is 11.3 Å². The number of thiophene rings is 1. The summed E-state index contributed by atoms with van der Waals surface area (Å²) in [5, 5.41) is 15.6. The monoisotopic (exact) mass is 285 g/mol. The van der Waals surface area contributed by atoms with E-state index >= 15 is 0 Å². The van der Waals surface area contributed by atoms with Crippen LogP contribution in [-0.4, -0.2) is 4.98 Å². The first kappa shape index (κ1) is 12.0. The molecule has 2 heterocycles. The number of benzene rings is 1. The average Bonchev–Trinajstić information content (AvgIpc) is 2.85. The number of rotatable bonds is 2. The van der Waals surface area contributed by atoms with Crippen molar-refractivity contribution in [3.05, 3.63) is 52.5 Å². The molecule has 2 aromatic heterocycles. The maximum Gasteiger partial charge on any atom is 0.133 e. The van der Waals surface area contributed by atoms with Gasteiger partial charge in [0, 0.05) is 10.4 Å². The molecule has 92 valence electrons. The molecule has 19 heavy (non-hydrogen) atoms. The Balaban J connectivity index is 1.96. The standard InChI is InChI=1S/C14H8ClN3S/c15-13-5-9(8-16)6-14(18-13)17-11-1-2-12-10(7-11)3-4-19-12/h1-7H,(H,17,18). The molecule has 0 unspecified atom stereocenters. The molecule has 0 aliphatic carbocycles. The lowest BCUT2D eigenvalue weighted by Gasteiger charge is -2.06. The van der Waals surface area contributed by atoms with Gasteiger partial charge >= 0.3 is 0 Å². The summed E-state index contributed by atoms with van der Waals surface area (Å²) in [4.78, 5) is 4.15. The SMILES string of the molecule is N#Cc1cc(Cl)nc(Nc2ccc3sccc3c2)c1. The average molecular weight is 286 g/mol. The molecule has 0 radical (unpaired) electrons. The van der Waals surface area contributed by atoms with Crippen LogP contribution in [0.1, 0.15) is 5.56 Å². The van der Waals surface area contributed by atoms with Crippen LogP contribution in [0.15, 0.2) is 41.8 Å². The molecule has 3 rings (SSSR count). The Morgan fingerprint density at radius 2 is 2.11 bits per heavy atom. The molecule has 3 aromatic rings. The van der Waals surface area contributed by atoms with E-state index in [1.54, 1.807) is 17.4 Å². The van der Waals surface area contributed by atoms with Crippen molar-refractivity contribution in [1.82, 2.24) is 4.98 Å². The molecule has 0 atom stereocenters. The Labute approximate surface area is 119 Å². The van der Waals surface area contributed by atoms with Crippen LogP contribution < -0.4 is 5.32 Å². The number of hydrogen-bond donors (Lipinski definition) is 1. The van der Waals surface area contributed by atoms with E-state index in [9.17, 15) is 0 Å². The summed E-state index contributed by atoms with van der Waals surface area (Å²) in [5.41, 5.74) is 1.41. The summed E-state index contributed by atoms with van der Waals surface area (Å²) in [6.07, 6.45) is 0. The van der Waals surface area contributed by atoms with Gasteiger partial charge in [-0.1, -0.05) is 11.6 Å². The first-order chi connectivity index (χ1) is 9.24. The van der Waals surface area contributed by atoms with Gasteiger partial charge in [-0.25, -0.2) is 4.98 Å². The Morgan fingerprint density at radius 1 is 1.21 bits per heavy atom. The molecule has 0 spiro atoms. The minimum Gasteiger partial charge on any atom is -0.340 e. The highest BCUT2D eigenvalue weighted by Gasteiger charge is 2.03. The van der Waals surface area contributed by atoms with Crippen molar-refractivity contribution in [3.63, 3.8) is 0 Å². The third-order valence-electron chi connectivity index (χ3n) is 2.65. The van der Waals surface area contributed by atoms with Crippen molar-refractivity contribution in [2.45, 2.75) is 0 Å². The molecular formula is C14H8ClN3S. The maximum atomic E-state index is 8.90. The number of pyridine rings is 1. The van der Waals surface area contributed by atoms with Gasteiger partial charge in [-0.2, -0.15) is 5.26 Å². The second-order valence-corrected chi connectivity index (χ2v) is 5.31. The van der Waals surface area contributed by atoms with E-state index in [-0.39, 0.29) is 0 Å². The van der Waals surface area contributed by atoms with Crippen molar-refractivity contribution >= 4 is 44.5 Å². The van der Waals surface area contributed by atoms with Gasteiger partial charge in [-0.05, 0) is 47.2 Å². The molecule has 0 saturated heterocycles. The minimum absolute atomic E-state index is 0.304. The van der Waals surface area contributed by atoms with Crippen LogP contribution in [-0.2, 0) is 0 Å². The molecule has 0 aliphatic rings. The van der Waals surface area contributed by atoms with Crippen LogP contribution in [0.5, 0.6) is 0 Å². The third-order valence-corrected chi connectivity index (χ3v) is 3.74. The summed E-state index contributed by atoms with van der Waals surface area (Å²) in [7, 11) is 0. The van der Waals surface area contributed by atoms with E-state index in [4.69, 9.17) is 16.9 Å². The predicted molar refractivity (Wildman–Crippen MR) is 79.1 cm³/mol. The topological polar surface area (TPSA) is 48.7 Å². The number of nitriles is 1. The van der Waals surface area contributed by atoms with E-state index in [2.05, 4.69) is 33.9 Å². The largest absolute Gasteiger partial charge is 0.340 e. The Kier molecular flexibility index (Phi) is 3.08. The van der Waals surface area contributed by atoms with Crippen molar-refractivity contribution in [3.8, 4) is 6.07 Å². The van der Waals surface area contributed by atoms with Gasteiger partial charge in [0.1, 0.15) is 11.0 Å². The Hall–Kier alpha value is -2.09. The molecule has 0 bridgehead atoms. The highest BCUT2D eigenvalue weighted by atomic mass is 35.5. The summed E-state index contributed by atoms with van der Waals surface area (Å²) in [6, 6.07) is 13.4. The Morgan fingerprint density at radius 3 is 2.95 bits per heavy atom. The van der Waals surface area contributed by atoms with Gasteiger partial charge in [0.15, 0.2) is 0 Å². The Bertz CT molecular complexity index is 789. The van der Waals surface area contributed by atoms with Crippen molar-refractivity contribution < 1.29 is 0 Å². The van der Waals surface area contributed by atoms with Gasteiger partial charge in [-0.15, -0.1) is 11.3 Å². The van der Waals surface area contributed by atoms with E-state index in [1.165, 1.54) is 16.2 Å². The van der Waals surface area contributed by atoms with E-state index < -0.39 is 0 Å². The van der Waals surface area contributed by atoms with Crippen LogP contribution in [0.25, 0.3) is 10.1 Å². The fourth-order valence-electron chi connectivity index (χ4n) is 1.82. The fraction of sp³-hybridized carbons (Fsp3) is 0. The lowest BCUT2D eigenvalue weighted by atomic mass is 10.2. The van der Waals surface area contributed by atoms with Crippen LogP contribution in [0.4, 0.5) is 11.5 Å². The fourth-order valence-corrected chi connectivity index (χ4v) is 2.80. The normalized spacial score (nSPS) is 10.3. The number of fused-ring (bicyclic) bond motifs is 1. The first-order valence-electron chi connectivity index (χ1n) is 5.56. The van der Waals surface area contributed by atoms with Gasteiger partial charge in [0.25, 0.3) is 0 Å². The molecule has 0 aliphatic heterocycles. The predicted octanol–water partition coefficient (Wildman–Crippen LogP) is 4.56. The molecule has 0 saturated carbocycles. The second kappa shape index (κ2) is 4.88. The molecular weight excluding hydrogens is 278 g/mol.